The highest BCUT2D eigenvalue weighted by molar-refractivity contribution is 5.23. The first kappa shape index (κ1) is 5.98. The second-order valence-electron chi connectivity index (χ2n) is 2.73. The summed E-state index contributed by atoms with van der Waals surface area (Å²) in [5.74, 6) is 2.16. The van der Waals surface area contributed by atoms with Gasteiger partial charge in [0.1, 0.15) is 11.5 Å². The molecule has 0 saturated heterocycles. The van der Waals surface area contributed by atoms with Gasteiger partial charge in [-0.3, -0.25) is 0 Å². The van der Waals surface area contributed by atoms with Gasteiger partial charge in [-0.05, 0) is 31.5 Å². The van der Waals surface area contributed by atoms with Crippen LogP contribution >= 0.6 is 0 Å². The fourth-order valence-corrected chi connectivity index (χ4v) is 1.40. The Balaban J connectivity index is 2.41. The van der Waals surface area contributed by atoms with E-state index in [0.29, 0.717) is 0 Å². The zero-order valence-corrected chi connectivity index (χ0v) is 6.11. The number of fused-ring (bicyclic) bond motifs is 1. The molecule has 1 aliphatic heterocycles. The van der Waals surface area contributed by atoms with Gasteiger partial charge in [-0.1, -0.05) is 0 Å². The molecule has 10 heavy (non-hydrogen) atoms. The predicted molar refractivity (Wildman–Crippen MR) is 38.9 cm³/mol. The first-order valence-electron chi connectivity index (χ1n) is 3.65. The van der Waals surface area contributed by atoms with Crippen LogP contribution in [0.15, 0.2) is 10.5 Å². The molecule has 0 aliphatic carbocycles. The maximum atomic E-state index is 5.44. The van der Waals surface area contributed by atoms with Crippen LogP contribution in [0.3, 0.4) is 0 Å². The average Bonchev–Trinajstić information content (AvgIpc) is 2.27. The summed E-state index contributed by atoms with van der Waals surface area (Å²) in [6, 6.07) is 2.14. The Morgan fingerprint density at radius 2 is 2.50 bits per heavy atom. The maximum absolute atomic E-state index is 5.44. The Morgan fingerprint density at radius 3 is 3.30 bits per heavy atom. The largest absolute Gasteiger partial charge is 0.465 e. The van der Waals surface area contributed by atoms with Crippen molar-refractivity contribution in [1.82, 2.24) is 5.32 Å². The number of nitrogens with one attached hydrogen (secondary N) is 1. The molecule has 2 nitrogen and oxygen atoms in total. The fourth-order valence-electron chi connectivity index (χ4n) is 1.40. The summed E-state index contributed by atoms with van der Waals surface area (Å²) in [6.07, 6.45) is 1.12. The number of aryl methyl sites for hydroxylation is 1. The van der Waals surface area contributed by atoms with Gasteiger partial charge in [-0.25, -0.2) is 0 Å². The van der Waals surface area contributed by atoms with E-state index in [1.54, 1.807) is 0 Å². The Labute approximate surface area is 60.2 Å². The molecule has 0 saturated carbocycles. The third kappa shape index (κ3) is 0.847. The molecule has 0 spiro atoms. The second-order valence-corrected chi connectivity index (χ2v) is 2.73. The van der Waals surface area contributed by atoms with Crippen LogP contribution in [0.2, 0.25) is 0 Å². The normalized spacial score (nSPS) is 16.9. The van der Waals surface area contributed by atoms with Gasteiger partial charge in [0.2, 0.25) is 0 Å². The van der Waals surface area contributed by atoms with Crippen LogP contribution < -0.4 is 5.32 Å². The van der Waals surface area contributed by atoms with Gasteiger partial charge in [0.25, 0.3) is 0 Å². The zero-order valence-electron chi connectivity index (χ0n) is 6.11. The van der Waals surface area contributed by atoms with Gasteiger partial charge < -0.3 is 9.73 Å². The van der Waals surface area contributed by atoms with Crippen molar-refractivity contribution in [2.45, 2.75) is 19.9 Å². The van der Waals surface area contributed by atoms with E-state index in [1.807, 2.05) is 6.92 Å². The molecule has 0 atom stereocenters. The van der Waals surface area contributed by atoms with Crippen molar-refractivity contribution in [3.05, 3.63) is 23.2 Å². The van der Waals surface area contributed by atoms with Gasteiger partial charge in [0.15, 0.2) is 0 Å². The van der Waals surface area contributed by atoms with Gasteiger partial charge in [-0.15, -0.1) is 0 Å². The van der Waals surface area contributed by atoms with Crippen molar-refractivity contribution < 1.29 is 4.42 Å². The minimum absolute atomic E-state index is 0.906. The third-order valence-corrected chi connectivity index (χ3v) is 1.88. The van der Waals surface area contributed by atoms with E-state index in [4.69, 9.17) is 4.42 Å². The predicted octanol–water partition coefficient (Wildman–Crippen LogP) is 1.23. The van der Waals surface area contributed by atoms with E-state index in [0.717, 1.165) is 31.0 Å². The molecule has 0 bridgehead atoms. The molecule has 2 heteroatoms. The molecular formula is C8H11NO. The summed E-state index contributed by atoms with van der Waals surface area (Å²) in [5.41, 5.74) is 1.39. The van der Waals surface area contributed by atoms with E-state index in [-0.39, 0.29) is 0 Å². The summed E-state index contributed by atoms with van der Waals surface area (Å²) in [4.78, 5) is 0. The van der Waals surface area contributed by atoms with Crippen molar-refractivity contribution in [2.24, 2.45) is 0 Å². The smallest absolute Gasteiger partial charge is 0.121 e. The molecule has 0 fully saturated rings. The molecule has 0 unspecified atom stereocenters. The summed E-state index contributed by atoms with van der Waals surface area (Å²) in [5, 5.41) is 3.26. The van der Waals surface area contributed by atoms with E-state index >= 15 is 0 Å². The maximum Gasteiger partial charge on any atom is 0.121 e. The standard InChI is InChI=1S/C8H11NO/c1-6-4-7-2-3-9-5-8(7)10-6/h4,9H,2-3,5H2,1H3. The molecule has 0 aromatic carbocycles. The Bertz CT molecular complexity index is 216. The Hall–Kier alpha value is -0.760. The van der Waals surface area contributed by atoms with E-state index in [1.165, 1.54) is 5.56 Å². The molecule has 1 aromatic rings. The molecule has 0 amide bonds. The van der Waals surface area contributed by atoms with Crippen molar-refractivity contribution in [2.75, 3.05) is 6.54 Å². The van der Waals surface area contributed by atoms with Gasteiger partial charge in [-0.2, -0.15) is 0 Å². The summed E-state index contributed by atoms with van der Waals surface area (Å²) in [7, 11) is 0. The number of furan rings is 1. The lowest BCUT2D eigenvalue weighted by atomic mass is 10.1. The van der Waals surface area contributed by atoms with Crippen LogP contribution in [-0.4, -0.2) is 6.54 Å². The van der Waals surface area contributed by atoms with Crippen molar-refractivity contribution >= 4 is 0 Å². The van der Waals surface area contributed by atoms with Crippen LogP contribution in [0.1, 0.15) is 17.1 Å². The number of rotatable bonds is 0. The van der Waals surface area contributed by atoms with Crippen molar-refractivity contribution in [3.63, 3.8) is 0 Å². The number of hydrogen-bond donors (Lipinski definition) is 1. The fraction of sp³-hybridized carbons (Fsp3) is 0.500. The van der Waals surface area contributed by atoms with Gasteiger partial charge in [0.05, 0.1) is 6.54 Å². The first-order valence-corrected chi connectivity index (χ1v) is 3.65. The van der Waals surface area contributed by atoms with E-state index in [2.05, 4.69) is 11.4 Å². The monoisotopic (exact) mass is 137 g/mol. The van der Waals surface area contributed by atoms with Crippen LogP contribution in [-0.2, 0) is 13.0 Å². The Morgan fingerprint density at radius 1 is 1.60 bits per heavy atom. The van der Waals surface area contributed by atoms with Crippen molar-refractivity contribution in [1.29, 1.82) is 0 Å². The highest BCUT2D eigenvalue weighted by Gasteiger charge is 2.11. The molecule has 0 radical (unpaired) electrons. The molecule has 2 heterocycles. The molecule has 1 aromatic heterocycles. The van der Waals surface area contributed by atoms with E-state index in [9.17, 15) is 0 Å². The minimum atomic E-state index is 0.906. The lowest BCUT2D eigenvalue weighted by molar-refractivity contribution is 0.445. The van der Waals surface area contributed by atoms with E-state index < -0.39 is 0 Å². The minimum Gasteiger partial charge on any atom is -0.465 e. The topological polar surface area (TPSA) is 25.2 Å². The van der Waals surface area contributed by atoms with Gasteiger partial charge in [0, 0.05) is 0 Å². The lowest BCUT2D eigenvalue weighted by Crippen LogP contribution is -2.22. The zero-order chi connectivity index (χ0) is 6.97. The summed E-state index contributed by atoms with van der Waals surface area (Å²) >= 11 is 0. The average molecular weight is 137 g/mol. The lowest BCUT2D eigenvalue weighted by Gasteiger charge is -2.09. The second kappa shape index (κ2) is 2.13. The van der Waals surface area contributed by atoms with Crippen LogP contribution in [0, 0.1) is 6.92 Å². The molecule has 54 valence electrons. The summed E-state index contributed by atoms with van der Waals surface area (Å²) in [6.45, 7) is 3.99. The highest BCUT2D eigenvalue weighted by Crippen LogP contribution is 2.17. The molecule has 2 rings (SSSR count). The highest BCUT2D eigenvalue weighted by atomic mass is 16.3. The Kier molecular flexibility index (Phi) is 1.27. The van der Waals surface area contributed by atoms with Crippen LogP contribution in [0.5, 0.6) is 0 Å². The summed E-state index contributed by atoms with van der Waals surface area (Å²) < 4.78 is 5.44. The molecule has 1 aliphatic rings. The van der Waals surface area contributed by atoms with Crippen LogP contribution in [0.25, 0.3) is 0 Å². The number of hydrogen-bond acceptors (Lipinski definition) is 2. The quantitative estimate of drug-likeness (QED) is 0.582. The van der Waals surface area contributed by atoms with Crippen molar-refractivity contribution in [3.8, 4) is 0 Å². The van der Waals surface area contributed by atoms with Gasteiger partial charge >= 0.3 is 0 Å². The molecular weight excluding hydrogens is 126 g/mol. The first-order chi connectivity index (χ1) is 4.86. The van der Waals surface area contributed by atoms with Crippen LogP contribution in [0.4, 0.5) is 0 Å². The SMILES string of the molecule is Cc1cc2c(o1)CNCC2. The molecule has 1 N–H and O–H groups in total. The third-order valence-electron chi connectivity index (χ3n) is 1.88.